The molecule has 0 heterocycles. The van der Waals surface area contributed by atoms with Crippen LogP contribution in [0.25, 0.3) is 10.4 Å². The Balaban J connectivity index is 3.71. The molecule has 7 heteroatoms. The Morgan fingerprint density at radius 3 is 3.06 bits per heavy atom. The van der Waals surface area contributed by atoms with Crippen molar-refractivity contribution in [1.29, 1.82) is 5.26 Å². The third-order valence-electron chi connectivity index (χ3n) is 1.72. The van der Waals surface area contributed by atoms with Gasteiger partial charge in [-0.15, -0.1) is 0 Å². The van der Waals surface area contributed by atoms with Gasteiger partial charge in [-0.1, -0.05) is 5.11 Å². The molecule has 0 aromatic heterocycles. The van der Waals surface area contributed by atoms with Gasteiger partial charge in [0.15, 0.2) is 0 Å². The molecule has 16 heavy (non-hydrogen) atoms. The minimum absolute atomic E-state index is 0.0336. The molecule has 0 radical (unpaired) electrons. The van der Waals surface area contributed by atoms with E-state index in [0.29, 0.717) is 26.1 Å². The molecule has 1 atom stereocenters. The van der Waals surface area contributed by atoms with Gasteiger partial charge in [-0.2, -0.15) is 5.26 Å². The normalized spacial score (nSPS) is 11.0. The highest BCUT2D eigenvalue weighted by Gasteiger charge is 2.12. The highest BCUT2D eigenvalue weighted by molar-refractivity contribution is 5.70. The average Bonchev–Trinajstić information content (AvgIpc) is 2.27. The summed E-state index contributed by atoms with van der Waals surface area (Å²) >= 11 is 0. The summed E-state index contributed by atoms with van der Waals surface area (Å²) < 4.78 is 4.72. The highest BCUT2D eigenvalue weighted by Crippen LogP contribution is 1.94. The number of carbonyl (C=O) groups is 1. The van der Waals surface area contributed by atoms with E-state index in [1.54, 1.807) is 6.92 Å². The smallest absolute Gasteiger partial charge is 0.308 e. The third-order valence-corrected chi connectivity index (χ3v) is 1.72. The van der Waals surface area contributed by atoms with Crippen molar-refractivity contribution < 1.29 is 9.53 Å². The van der Waals surface area contributed by atoms with Gasteiger partial charge in [0, 0.05) is 11.5 Å². The van der Waals surface area contributed by atoms with Gasteiger partial charge >= 0.3 is 5.97 Å². The molecule has 1 unspecified atom stereocenters. The summed E-state index contributed by atoms with van der Waals surface area (Å²) in [7, 11) is 0. The van der Waals surface area contributed by atoms with Crippen LogP contribution in [0.15, 0.2) is 5.11 Å². The van der Waals surface area contributed by atoms with Crippen molar-refractivity contribution in [3.63, 3.8) is 0 Å². The van der Waals surface area contributed by atoms with Gasteiger partial charge in [0.25, 0.3) is 0 Å². The zero-order valence-electron chi connectivity index (χ0n) is 9.22. The van der Waals surface area contributed by atoms with E-state index in [0.717, 1.165) is 0 Å². The number of azide groups is 1. The Kier molecular flexibility index (Phi) is 8.69. The number of esters is 1. The summed E-state index contributed by atoms with van der Waals surface area (Å²) in [6.45, 7) is 2.93. The predicted molar refractivity (Wildman–Crippen MR) is 57.3 cm³/mol. The lowest BCUT2D eigenvalue weighted by atomic mass is 10.2. The van der Waals surface area contributed by atoms with Crippen LogP contribution in [0.2, 0.25) is 0 Å². The molecule has 0 aliphatic heterocycles. The minimum Gasteiger partial charge on any atom is -0.466 e. The second kappa shape index (κ2) is 9.77. The maximum atomic E-state index is 11.1. The van der Waals surface area contributed by atoms with Gasteiger partial charge in [-0.05, 0) is 25.4 Å². The molecular formula is C9H15N5O2. The zero-order valence-corrected chi connectivity index (χ0v) is 9.22. The van der Waals surface area contributed by atoms with E-state index in [9.17, 15) is 4.79 Å². The molecule has 0 bridgehead atoms. The largest absolute Gasteiger partial charge is 0.466 e. The van der Waals surface area contributed by atoms with Crippen molar-refractivity contribution in [2.24, 2.45) is 5.11 Å². The fourth-order valence-electron chi connectivity index (χ4n) is 1.02. The second-order valence-electron chi connectivity index (χ2n) is 2.95. The molecule has 88 valence electrons. The first-order valence-corrected chi connectivity index (χ1v) is 5.04. The summed E-state index contributed by atoms with van der Waals surface area (Å²) in [6, 6.07) is 1.42. The number of nitriles is 1. The van der Waals surface area contributed by atoms with Gasteiger partial charge in [-0.3, -0.25) is 4.79 Å². The minimum atomic E-state index is -0.551. The number of ether oxygens (including phenoxy) is 1. The van der Waals surface area contributed by atoms with E-state index >= 15 is 0 Å². The van der Waals surface area contributed by atoms with Crippen molar-refractivity contribution in [2.75, 3.05) is 19.7 Å². The standard InChI is InChI=1S/C9H15N5O2/c1-2-16-9(15)6-8(7-10)12-4-3-5-13-14-11/h8,12H,2-6H2,1H3. The van der Waals surface area contributed by atoms with Gasteiger partial charge in [0.05, 0.1) is 19.1 Å². The lowest BCUT2D eigenvalue weighted by molar-refractivity contribution is -0.143. The highest BCUT2D eigenvalue weighted by atomic mass is 16.5. The summed E-state index contributed by atoms with van der Waals surface area (Å²) in [5.41, 5.74) is 8.02. The second-order valence-corrected chi connectivity index (χ2v) is 2.95. The van der Waals surface area contributed by atoms with Crippen molar-refractivity contribution in [3.8, 4) is 6.07 Å². The number of nitrogens with one attached hydrogen (secondary N) is 1. The molecule has 0 aromatic rings. The topological polar surface area (TPSA) is 111 Å². The van der Waals surface area contributed by atoms with Gasteiger partial charge in [-0.25, -0.2) is 0 Å². The Morgan fingerprint density at radius 2 is 2.50 bits per heavy atom. The molecule has 1 N–H and O–H groups in total. The van der Waals surface area contributed by atoms with Crippen LogP contribution in [0.1, 0.15) is 19.8 Å². The van der Waals surface area contributed by atoms with Crippen LogP contribution in [0.4, 0.5) is 0 Å². The Bertz CT molecular complexity index is 293. The summed E-state index contributed by atoms with van der Waals surface area (Å²) in [5.74, 6) is -0.392. The molecule has 7 nitrogen and oxygen atoms in total. The molecule has 0 fully saturated rings. The Morgan fingerprint density at radius 1 is 1.75 bits per heavy atom. The lowest BCUT2D eigenvalue weighted by Crippen LogP contribution is -2.31. The number of carbonyl (C=O) groups excluding carboxylic acids is 1. The van der Waals surface area contributed by atoms with E-state index in [1.807, 2.05) is 6.07 Å². The molecule has 0 aliphatic carbocycles. The fraction of sp³-hybridized carbons (Fsp3) is 0.778. The Hall–Kier alpha value is -1.77. The molecule has 0 saturated heterocycles. The first-order chi connectivity index (χ1) is 7.74. The third kappa shape index (κ3) is 7.62. The van der Waals surface area contributed by atoms with Gasteiger partial charge in [0.1, 0.15) is 6.04 Å². The van der Waals surface area contributed by atoms with Crippen LogP contribution in [0.3, 0.4) is 0 Å². The quantitative estimate of drug-likeness (QED) is 0.219. The fourth-order valence-corrected chi connectivity index (χ4v) is 1.02. The molecule has 0 saturated carbocycles. The summed E-state index contributed by atoms with van der Waals surface area (Å²) in [5, 5.41) is 15.0. The molecule has 0 aromatic carbocycles. The number of nitrogens with zero attached hydrogens (tertiary/aromatic N) is 4. The Labute approximate surface area is 94.0 Å². The molecule has 0 aliphatic rings. The number of rotatable bonds is 8. The first kappa shape index (κ1) is 14.2. The number of hydrogen-bond acceptors (Lipinski definition) is 5. The monoisotopic (exact) mass is 225 g/mol. The van der Waals surface area contributed by atoms with Crippen LogP contribution in [0, 0.1) is 11.3 Å². The lowest BCUT2D eigenvalue weighted by Gasteiger charge is -2.09. The van der Waals surface area contributed by atoms with E-state index in [1.165, 1.54) is 0 Å². The van der Waals surface area contributed by atoms with Gasteiger partial charge in [0.2, 0.25) is 0 Å². The number of hydrogen-bond donors (Lipinski definition) is 1. The average molecular weight is 225 g/mol. The van der Waals surface area contributed by atoms with Crippen molar-refractivity contribution >= 4 is 5.97 Å². The maximum Gasteiger partial charge on any atom is 0.308 e. The van der Waals surface area contributed by atoms with Crippen molar-refractivity contribution in [3.05, 3.63) is 10.4 Å². The summed E-state index contributed by atoms with van der Waals surface area (Å²) in [6.07, 6.45) is 0.664. The van der Waals surface area contributed by atoms with E-state index in [-0.39, 0.29) is 6.42 Å². The van der Waals surface area contributed by atoms with Crippen molar-refractivity contribution in [2.45, 2.75) is 25.8 Å². The van der Waals surface area contributed by atoms with Crippen LogP contribution in [0.5, 0.6) is 0 Å². The first-order valence-electron chi connectivity index (χ1n) is 5.04. The van der Waals surface area contributed by atoms with E-state index in [2.05, 4.69) is 15.3 Å². The molecule has 0 rings (SSSR count). The molecular weight excluding hydrogens is 210 g/mol. The van der Waals surface area contributed by atoms with E-state index < -0.39 is 12.0 Å². The van der Waals surface area contributed by atoms with Crippen LogP contribution >= 0.6 is 0 Å². The van der Waals surface area contributed by atoms with Crippen LogP contribution in [-0.2, 0) is 9.53 Å². The molecule has 0 spiro atoms. The zero-order chi connectivity index (χ0) is 12.2. The van der Waals surface area contributed by atoms with Gasteiger partial charge < -0.3 is 10.1 Å². The van der Waals surface area contributed by atoms with E-state index in [4.69, 9.17) is 15.5 Å². The molecule has 0 amide bonds. The van der Waals surface area contributed by atoms with Crippen LogP contribution < -0.4 is 5.32 Å². The SMILES string of the molecule is CCOC(=O)CC(C#N)NCCCN=[N+]=[N-]. The maximum absolute atomic E-state index is 11.1. The van der Waals surface area contributed by atoms with Crippen molar-refractivity contribution in [1.82, 2.24) is 5.32 Å². The summed E-state index contributed by atoms with van der Waals surface area (Å²) in [4.78, 5) is 13.7. The van der Waals surface area contributed by atoms with Crippen LogP contribution in [-0.4, -0.2) is 31.7 Å². The predicted octanol–water partition coefficient (Wildman–Crippen LogP) is 1.12.